The van der Waals surface area contributed by atoms with Crippen molar-refractivity contribution in [3.05, 3.63) is 40.1 Å². The lowest BCUT2D eigenvalue weighted by atomic mass is 10.2. The molecule has 9 heteroatoms. The molecular weight excluding hydrogens is 402 g/mol. The molecule has 3 rings (SSSR count). The maximum atomic E-state index is 12.5. The van der Waals surface area contributed by atoms with Crippen molar-refractivity contribution in [2.24, 2.45) is 0 Å². The average Bonchev–Trinajstić information content (AvgIpc) is 3.37. The number of benzene rings is 1. The topological polar surface area (TPSA) is 98.1 Å². The van der Waals surface area contributed by atoms with Gasteiger partial charge in [0.15, 0.2) is 5.69 Å². The monoisotopic (exact) mass is 421 g/mol. The van der Waals surface area contributed by atoms with E-state index in [1.807, 2.05) is 24.3 Å². The maximum absolute atomic E-state index is 12.5. The number of halogens is 1. The van der Waals surface area contributed by atoms with Crippen LogP contribution in [0.5, 0.6) is 0 Å². The molecule has 1 aromatic heterocycles. The lowest BCUT2D eigenvalue weighted by Gasteiger charge is -2.08. The molecule has 0 bridgehead atoms. The van der Waals surface area contributed by atoms with Crippen molar-refractivity contribution in [1.82, 2.24) is 25.6 Å². The molecule has 2 amide bonds. The van der Waals surface area contributed by atoms with Gasteiger partial charge >= 0.3 is 6.09 Å². The Morgan fingerprint density at radius 1 is 1.23 bits per heavy atom. The van der Waals surface area contributed by atoms with E-state index in [0.29, 0.717) is 18.2 Å². The fourth-order valence-corrected chi connectivity index (χ4v) is 2.82. The van der Waals surface area contributed by atoms with Crippen LogP contribution in [0.25, 0.3) is 5.69 Å². The number of carbonyl (C=O) groups excluding carboxylic acids is 2. The molecule has 1 aromatic carbocycles. The molecule has 1 fully saturated rings. The Bertz CT molecular complexity index is 786. The third-order valence-corrected chi connectivity index (χ3v) is 4.44. The summed E-state index contributed by atoms with van der Waals surface area (Å²) in [5, 5.41) is 13.6. The highest BCUT2D eigenvalue weighted by Gasteiger charge is 2.34. The van der Waals surface area contributed by atoms with E-state index in [0.717, 1.165) is 28.7 Å². The number of aromatic nitrogens is 3. The van der Waals surface area contributed by atoms with Crippen LogP contribution in [-0.2, 0) is 4.74 Å². The number of hydrogen-bond donors (Lipinski definition) is 2. The Hall–Kier alpha value is -2.42. The number of rotatable bonds is 7. The Labute approximate surface area is 159 Å². The summed E-state index contributed by atoms with van der Waals surface area (Å²) in [7, 11) is 0. The lowest BCUT2D eigenvalue weighted by Crippen LogP contribution is -2.35. The molecule has 1 aliphatic carbocycles. The van der Waals surface area contributed by atoms with Gasteiger partial charge in [-0.3, -0.25) is 4.79 Å². The highest BCUT2D eigenvalue weighted by atomic mass is 79.9. The van der Waals surface area contributed by atoms with Gasteiger partial charge in [0.25, 0.3) is 5.91 Å². The van der Waals surface area contributed by atoms with E-state index in [2.05, 4.69) is 36.9 Å². The summed E-state index contributed by atoms with van der Waals surface area (Å²) >= 11 is 3.41. The molecular formula is C17H20BrN5O3. The first-order valence-corrected chi connectivity index (χ1v) is 9.29. The summed E-state index contributed by atoms with van der Waals surface area (Å²) in [6.07, 6.45) is 1.55. The number of ether oxygens (including phenoxy) is 1. The summed E-state index contributed by atoms with van der Waals surface area (Å²) < 4.78 is 7.47. The fraction of sp³-hybridized carbons (Fsp3) is 0.412. The zero-order chi connectivity index (χ0) is 18.5. The van der Waals surface area contributed by atoms with Crippen molar-refractivity contribution in [1.29, 1.82) is 0 Å². The highest BCUT2D eigenvalue weighted by molar-refractivity contribution is 9.10. The number of alkyl carbamates (subject to hydrolysis) is 1. The van der Waals surface area contributed by atoms with E-state index >= 15 is 0 Å². The summed E-state index contributed by atoms with van der Waals surface area (Å²) in [5.41, 5.74) is 2.04. The molecule has 2 N–H and O–H groups in total. The SMILES string of the molecule is CCOC(=O)NCCNC(=O)c1nnn(-c2ccc(Br)cc2)c1C1CC1. The van der Waals surface area contributed by atoms with Crippen LogP contribution in [-0.4, -0.2) is 46.7 Å². The van der Waals surface area contributed by atoms with Crippen LogP contribution in [0.2, 0.25) is 0 Å². The molecule has 0 radical (unpaired) electrons. The van der Waals surface area contributed by atoms with Crippen molar-refractivity contribution in [3.63, 3.8) is 0 Å². The van der Waals surface area contributed by atoms with Crippen molar-refractivity contribution in [2.75, 3.05) is 19.7 Å². The number of amides is 2. The van der Waals surface area contributed by atoms with Crippen LogP contribution in [0.15, 0.2) is 28.7 Å². The molecule has 8 nitrogen and oxygen atoms in total. The summed E-state index contributed by atoms with van der Waals surface area (Å²) in [6.45, 7) is 2.61. The first-order chi connectivity index (χ1) is 12.6. The molecule has 138 valence electrons. The van der Waals surface area contributed by atoms with Crippen LogP contribution in [0.4, 0.5) is 4.79 Å². The predicted octanol–water partition coefficient (Wildman–Crippen LogP) is 2.38. The van der Waals surface area contributed by atoms with Gasteiger partial charge in [-0.2, -0.15) is 0 Å². The second kappa shape index (κ2) is 8.31. The van der Waals surface area contributed by atoms with Gasteiger partial charge in [-0.25, -0.2) is 9.48 Å². The minimum Gasteiger partial charge on any atom is -0.450 e. The van der Waals surface area contributed by atoms with Gasteiger partial charge in [-0.1, -0.05) is 21.1 Å². The van der Waals surface area contributed by atoms with Crippen LogP contribution >= 0.6 is 15.9 Å². The van der Waals surface area contributed by atoms with E-state index in [4.69, 9.17) is 4.74 Å². The standard InChI is InChI=1S/C17H20BrN5O3/c1-2-26-17(25)20-10-9-19-16(24)14-15(11-3-4-11)23(22-21-14)13-7-5-12(18)6-8-13/h5-8,11H,2-4,9-10H2,1H3,(H,19,24)(H,20,25). The van der Waals surface area contributed by atoms with E-state index in [1.165, 1.54) is 0 Å². The largest absolute Gasteiger partial charge is 0.450 e. The first-order valence-electron chi connectivity index (χ1n) is 8.50. The van der Waals surface area contributed by atoms with Crippen molar-refractivity contribution < 1.29 is 14.3 Å². The van der Waals surface area contributed by atoms with Gasteiger partial charge in [-0.05, 0) is 44.0 Å². The molecule has 0 spiro atoms. The Kier molecular flexibility index (Phi) is 5.87. The summed E-state index contributed by atoms with van der Waals surface area (Å²) in [6, 6.07) is 7.70. The molecule has 1 heterocycles. The highest BCUT2D eigenvalue weighted by Crippen LogP contribution is 2.42. The second-order valence-corrected chi connectivity index (χ2v) is 6.80. The van der Waals surface area contributed by atoms with Gasteiger partial charge in [-0.15, -0.1) is 5.10 Å². The zero-order valence-electron chi connectivity index (χ0n) is 14.4. The first kappa shape index (κ1) is 18.4. The minimum absolute atomic E-state index is 0.282. The van der Waals surface area contributed by atoms with Crippen LogP contribution in [0, 0.1) is 0 Å². The molecule has 26 heavy (non-hydrogen) atoms. The molecule has 2 aromatic rings. The van der Waals surface area contributed by atoms with E-state index in [-0.39, 0.29) is 19.0 Å². The van der Waals surface area contributed by atoms with E-state index in [9.17, 15) is 9.59 Å². The number of nitrogens with zero attached hydrogens (tertiary/aromatic N) is 3. The molecule has 0 saturated heterocycles. The van der Waals surface area contributed by atoms with Gasteiger partial charge in [0.05, 0.1) is 18.0 Å². The van der Waals surface area contributed by atoms with Crippen LogP contribution in [0.1, 0.15) is 41.9 Å². The van der Waals surface area contributed by atoms with Gasteiger partial charge in [0.1, 0.15) is 0 Å². The summed E-state index contributed by atoms with van der Waals surface area (Å²) in [5.74, 6) is 0.00738. The number of carbonyl (C=O) groups is 2. The lowest BCUT2D eigenvalue weighted by molar-refractivity contribution is 0.0946. The molecule has 0 atom stereocenters. The third kappa shape index (κ3) is 4.40. The smallest absolute Gasteiger partial charge is 0.407 e. The number of hydrogen-bond acceptors (Lipinski definition) is 5. The van der Waals surface area contributed by atoms with E-state index < -0.39 is 6.09 Å². The quantitative estimate of drug-likeness (QED) is 0.668. The predicted molar refractivity (Wildman–Crippen MR) is 98.4 cm³/mol. The average molecular weight is 422 g/mol. The maximum Gasteiger partial charge on any atom is 0.407 e. The second-order valence-electron chi connectivity index (χ2n) is 5.89. The Morgan fingerprint density at radius 2 is 1.92 bits per heavy atom. The fourth-order valence-electron chi connectivity index (χ4n) is 2.55. The molecule has 0 aliphatic heterocycles. The van der Waals surface area contributed by atoms with Crippen LogP contribution < -0.4 is 10.6 Å². The van der Waals surface area contributed by atoms with Gasteiger partial charge < -0.3 is 15.4 Å². The summed E-state index contributed by atoms with van der Waals surface area (Å²) in [4.78, 5) is 23.7. The zero-order valence-corrected chi connectivity index (χ0v) is 16.0. The van der Waals surface area contributed by atoms with Crippen molar-refractivity contribution in [3.8, 4) is 5.69 Å². The van der Waals surface area contributed by atoms with E-state index in [1.54, 1.807) is 11.6 Å². The Balaban J connectivity index is 1.67. The molecule has 0 unspecified atom stereocenters. The molecule has 1 aliphatic rings. The van der Waals surface area contributed by atoms with Crippen molar-refractivity contribution in [2.45, 2.75) is 25.7 Å². The Morgan fingerprint density at radius 3 is 2.58 bits per heavy atom. The third-order valence-electron chi connectivity index (χ3n) is 3.91. The van der Waals surface area contributed by atoms with Crippen molar-refractivity contribution >= 4 is 27.9 Å². The van der Waals surface area contributed by atoms with Gasteiger partial charge in [0, 0.05) is 23.5 Å². The molecule has 1 saturated carbocycles. The van der Waals surface area contributed by atoms with Gasteiger partial charge in [0.2, 0.25) is 0 Å². The normalized spacial score (nSPS) is 13.3. The van der Waals surface area contributed by atoms with Crippen LogP contribution in [0.3, 0.4) is 0 Å². The number of nitrogens with one attached hydrogen (secondary N) is 2. The minimum atomic E-state index is -0.499.